The molecule has 0 N–H and O–H groups in total. The third-order valence-electron chi connectivity index (χ3n) is 2.30. The van der Waals surface area contributed by atoms with Crippen molar-refractivity contribution in [3.63, 3.8) is 0 Å². The Morgan fingerprint density at radius 1 is 1.57 bits per heavy atom. The summed E-state index contributed by atoms with van der Waals surface area (Å²) in [4.78, 5) is 13.3. The molecule has 74 valence electrons. The van der Waals surface area contributed by atoms with Gasteiger partial charge in [-0.3, -0.25) is 4.79 Å². The highest BCUT2D eigenvalue weighted by Crippen LogP contribution is 2.24. The Bertz CT molecular complexity index is 330. The Balaban J connectivity index is 2.17. The first-order valence-electron chi connectivity index (χ1n) is 4.44. The Hall–Kier alpha value is -1.16. The fourth-order valence-corrected chi connectivity index (χ4v) is 1.78. The van der Waals surface area contributed by atoms with Gasteiger partial charge >= 0.3 is 0 Å². The number of amides is 1. The van der Waals surface area contributed by atoms with Crippen LogP contribution in [0.25, 0.3) is 0 Å². The first-order chi connectivity index (χ1) is 6.81. The summed E-state index contributed by atoms with van der Waals surface area (Å²) in [6.07, 6.45) is 3.71. The third-order valence-corrected chi connectivity index (χ3v) is 2.74. The molecule has 1 aromatic rings. The largest absolute Gasteiger partial charge is 0.310 e. The Morgan fingerprint density at radius 3 is 3.00 bits per heavy atom. The first kappa shape index (κ1) is 9.40. The summed E-state index contributed by atoms with van der Waals surface area (Å²) in [7, 11) is 0. The molecule has 1 saturated heterocycles. The van der Waals surface area contributed by atoms with Crippen molar-refractivity contribution in [2.45, 2.75) is 6.42 Å². The van der Waals surface area contributed by atoms with Gasteiger partial charge in [0, 0.05) is 18.8 Å². The van der Waals surface area contributed by atoms with E-state index in [1.165, 1.54) is 0 Å². The lowest BCUT2D eigenvalue weighted by atomic mass is 10.1. The van der Waals surface area contributed by atoms with E-state index in [4.69, 9.17) is 11.6 Å². The summed E-state index contributed by atoms with van der Waals surface area (Å²) in [5.41, 5.74) is 0.803. The molecule has 2 rings (SSSR count). The van der Waals surface area contributed by atoms with E-state index >= 15 is 0 Å². The second-order valence-electron chi connectivity index (χ2n) is 3.33. The zero-order chi connectivity index (χ0) is 9.97. The molecule has 1 amide bonds. The molecule has 1 atom stereocenters. The van der Waals surface area contributed by atoms with Gasteiger partial charge in [0.2, 0.25) is 5.91 Å². The third kappa shape index (κ3) is 1.70. The maximum atomic E-state index is 11.6. The van der Waals surface area contributed by atoms with Crippen molar-refractivity contribution in [1.29, 1.82) is 0 Å². The predicted octanol–water partition coefficient (Wildman–Crippen LogP) is 1.07. The number of aromatic nitrogens is 2. The molecule has 14 heavy (non-hydrogen) atoms. The van der Waals surface area contributed by atoms with Gasteiger partial charge in [-0.1, -0.05) is 0 Å². The highest BCUT2D eigenvalue weighted by atomic mass is 35.5. The molecule has 1 fully saturated rings. The van der Waals surface area contributed by atoms with Crippen molar-refractivity contribution in [2.24, 2.45) is 5.92 Å². The topological polar surface area (TPSA) is 46.1 Å². The van der Waals surface area contributed by atoms with Gasteiger partial charge in [0.1, 0.15) is 0 Å². The highest BCUT2D eigenvalue weighted by molar-refractivity contribution is 6.18. The summed E-state index contributed by atoms with van der Waals surface area (Å²) in [6.45, 7) is 0.689. The van der Waals surface area contributed by atoms with Gasteiger partial charge in [-0.25, -0.2) is 0 Å². The molecule has 1 unspecified atom stereocenters. The van der Waals surface area contributed by atoms with Crippen molar-refractivity contribution in [3.05, 3.63) is 18.5 Å². The van der Waals surface area contributed by atoms with Crippen LogP contribution in [-0.4, -0.2) is 28.5 Å². The van der Waals surface area contributed by atoms with E-state index in [0.717, 1.165) is 5.69 Å². The van der Waals surface area contributed by atoms with E-state index in [1.807, 2.05) is 0 Å². The number of carbonyl (C=O) groups excluding carboxylic acids is 1. The fraction of sp³-hybridized carbons (Fsp3) is 0.444. The van der Waals surface area contributed by atoms with Crippen molar-refractivity contribution in [3.8, 4) is 0 Å². The number of alkyl halides is 1. The van der Waals surface area contributed by atoms with Gasteiger partial charge in [0.25, 0.3) is 0 Å². The minimum absolute atomic E-state index is 0.114. The monoisotopic (exact) mass is 211 g/mol. The minimum atomic E-state index is 0.114. The lowest BCUT2D eigenvalue weighted by Gasteiger charge is -2.14. The van der Waals surface area contributed by atoms with Crippen LogP contribution in [0, 0.1) is 5.92 Å². The van der Waals surface area contributed by atoms with E-state index in [2.05, 4.69) is 10.2 Å². The quantitative estimate of drug-likeness (QED) is 0.688. The standard InChI is InChI=1S/C9H10ClN3O/c10-4-7-3-9(14)13(6-7)8-1-2-11-12-5-8/h1-2,5,7H,3-4,6H2. The molecule has 2 heterocycles. The molecule has 0 spiro atoms. The molecule has 5 heteroatoms. The van der Waals surface area contributed by atoms with Gasteiger partial charge in [0.05, 0.1) is 18.1 Å². The summed E-state index contributed by atoms with van der Waals surface area (Å²) < 4.78 is 0. The normalized spacial score (nSPS) is 21.6. The molecule has 1 aliphatic heterocycles. The average Bonchev–Trinajstić information content (AvgIpc) is 2.61. The number of rotatable bonds is 2. The molecule has 1 aliphatic rings. The van der Waals surface area contributed by atoms with Crippen LogP contribution in [0.4, 0.5) is 5.69 Å². The Morgan fingerprint density at radius 2 is 2.43 bits per heavy atom. The first-order valence-corrected chi connectivity index (χ1v) is 4.97. The average molecular weight is 212 g/mol. The van der Waals surface area contributed by atoms with Crippen LogP contribution in [0.5, 0.6) is 0 Å². The van der Waals surface area contributed by atoms with Gasteiger partial charge in [0.15, 0.2) is 0 Å². The molecular formula is C9H10ClN3O. The number of nitrogens with zero attached hydrogens (tertiary/aromatic N) is 3. The van der Waals surface area contributed by atoms with Gasteiger partial charge in [-0.15, -0.1) is 11.6 Å². The van der Waals surface area contributed by atoms with E-state index in [-0.39, 0.29) is 11.8 Å². The van der Waals surface area contributed by atoms with Crippen molar-refractivity contribution < 1.29 is 4.79 Å². The second-order valence-corrected chi connectivity index (χ2v) is 3.64. The zero-order valence-corrected chi connectivity index (χ0v) is 8.31. The molecule has 4 nitrogen and oxygen atoms in total. The van der Waals surface area contributed by atoms with Crippen LogP contribution in [0.1, 0.15) is 6.42 Å². The number of halogens is 1. The Kier molecular flexibility index (Phi) is 2.63. The van der Waals surface area contributed by atoms with Crippen molar-refractivity contribution >= 4 is 23.2 Å². The molecule has 0 radical (unpaired) electrons. The molecule has 0 aromatic carbocycles. The van der Waals surface area contributed by atoms with Gasteiger partial charge < -0.3 is 4.90 Å². The van der Waals surface area contributed by atoms with E-state index < -0.39 is 0 Å². The van der Waals surface area contributed by atoms with E-state index in [9.17, 15) is 4.79 Å². The molecule has 0 bridgehead atoms. The number of carbonyl (C=O) groups is 1. The summed E-state index contributed by atoms with van der Waals surface area (Å²) in [5, 5.41) is 7.40. The summed E-state index contributed by atoms with van der Waals surface area (Å²) >= 11 is 5.72. The lowest BCUT2D eigenvalue weighted by molar-refractivity contribution is -0.117. The molecule has 0 aliphatic carbocycles. The highest BCUT2D eigenvalue weighted by Gasteiger charge is 2.29. The fourth-order valence-electron chi connectivity index (χ4n) is 1.58. The van der Waals surface area contributed by atoms with Crippen LogP contribution in [-0.2, 0) is 4.79 Å². The zero-order valence-electron chi connectivity index (χ0n) is 7.56. The van der Waals surface area contributed by atoms with Crippen molar-refractivity contribution in [2.75, 3.05) is 17.3 Å². The maximum absolute atomic E-state index is 11.6. The van der Waals surface area contributed by atoms with E-state index in [0.29, 0.717) is 18.8 Å². The molecular weight excluding hydrogens is 202 g/mol. The summed E-state index contributed by atoms with van der Waals surface area (Å²) in [6, 6.07) is 1.78. The van der Waals surface area contributed by atoms with Crippen LogP contribution < -0.4 is 4.90 Å². The van der Waals surface area contributed by atoms with Gasteiger partial charge in [-0.05, 0) is 12.0 Å². The SMILES string of the molecule is O=C1CC(CCl)CN1c1ccnnc1. The Labute approximate surface area is 86.9 Å². The summed E-state index contributed by atoms with van der Waals surface area (Å²) in [5.74, 6) is 0.904. The number of hydrogen-bond donors (Lipinski definition) is 0. The smallest absolute Gasteiger partial charge is 0.227 e. The van der Waals surface area contributed by atoms with Crippen LogP contribution in [0.2, 0.25) is 0 Å². The second kappa shape index (κ2) is 3.92. The maximum Gasteiger partial charge on any atom is 0.227 e. The number of anilines is 1. The van der Waals surface area contributed by atoms with Gasteiger partial charge in [-0.2, -0.15) is 10.2 Å². The number of hydrogen-bond acceptors (Lipinski definition) is 3. The minimum Gasteiger partial charge on any atom is -0.310 e. The molecule has 1 aromatic heterocycles. The van der Waals surface area contributed by atoms with Crippen molar-refractivity contribution in [1.82, 2.24) is 10.2 Å². The van der Waals surface area contributed by atoms with Crippen LogP contribution >= 0.6 is 11.6 Å². The van der Waals surface area contributed by atoms with Crippen LogP contribution in [0.3, 0.4) is 0 Å². The lowest BCUT2D eigenvalue weighted by Crippen LogP contribution is -2.24. The van der Waals surface area contributed by atoms with Crippen LogP contribution in [0.15, 0.2) is 18.5 Å². The predicted molar refractivity (Wildman–Crippen MR) is 53.2 cm³/mol. The van der Waals surface area contributed by atoms with E-state index in [1.54, 1.807) is 23.4 Å². The molecule has 0 saturated carbocycles.